The van der Waals surface area contributed by atoms with Crippen LogP contribution in [0.5, 0.6) is 0 Å². The van der Waals surface area contributed by atoms with Crippen molar-refractivity contribution in [3.8, 4) is 0 Å². The number of ether oxygens (including phenoxy) is 1. The minimum Gasteiger partial charge on any atom is -0.367 e. The molecule has 1 aliphatic rings. The molecule has 94 valence electrons. The minimum atomic E-state index is 0.0132. The lowest BCUT2D eigenvalue weighted by molar-refractivity contribution is -0.128. The minimum absolute atomic E-state index is 0.0132. The fourth-order valence-corrected chi connectivity index (χ4v) is 1.92. The number of hydrogen-bond acceptors (Lipinski definition) is 3. The standard InChI is InChI=1S/C12H24N2O2/c1-3-10(4-2)14-12(15)9-16-11-6-5-7-13-8-11/h10-11,13H,3-9H2,1-2H3,(H,14,15). The van der Waals surface area contributed by atoms with E-state index in [-0.39, 0.29) is 18.6 Å². The van der Waals surface area contributed by atoms with Crippen LogP contribution in [0.15, 0.2) is 0 Å². The second kappa shape index (κ2) is 7.63. The van der Waals surface area contributed by atoms with Crippen molar-refractivity contribution in [1.82, 2.24) is 10.6 Å². The van der Waals surface area contributed by atoms with E-state index in [0.29, 0.717) is 6.04 Å². The predicted octanol–water partition coefficient (Wildman–Crippen LogP) is 1.06. The summed E-state index contributed by atoms with van der Waals surface area (Å²) in [5, 5.41) is 6.24. The quantitative estimate of drug-likeness (QED) is 0.714. The average molecular weight is 228 g/mol. The van der Waals surface area contributed by atoms with Gasteiger partial charge in [-0.05, 0) is 32.2 Å². The Morgan fingerprint density at radius 1 is 1.50 bits per heavy atom. The highest BCUT2D eigenvalue weighted by Gasteiger charge is 2.15. The van der Waals surface area contributed by atoms with Gasteiger partial charge in [0.25, 0.3) is 0 Å². The van der Waals surface area contributed by atoms with Gasteiger partial charge in [0.15, 0.2) is 0 Å². The van der Waals surface area contributed by atoms with Crippen LogP contribution < -0.4 is 10.6 Å². The van der Waals surface area contributed by atoms with Gasteiger partial charge in [0.05, 0.1) is 6.10 Å². The van der Waals surface area contributed by atoms with Gasteiger partial charge in [-0.15, -0.1) is 0 Å². The lowest BCUT2D eigenvalue weighted by Gasteiger charge is -2.23. The van der Waals surface area contributed by atoms with Crippen molar-refractivity contribution in [3.63, 3.8) is 0 Å². The molecule has 0 aromatic carbocycles. The van der Waals surface area contributed by atoms with Gasteiger partial charge in [-0.25, -0.2) is 0 Å². The fourth-order valence-electron chi connectivity index (χ4n) is 1.92. The highest BCUT2D eigenvalue weighted by molar-refractivity contribution is 5.77. The maximum atomic E-state index is 11.6. The Hall–Kier alpha value is -0.610. The molecule has 16 heavy (non-hydrogen) atoms. The Balaban J connectivity index is 2.13. The molecule has 0 spiro atoms. The first-order valence-corrected chi connectivity index (χ1v) is 6.38. The third kappa shape index (κ3) is 4.94. The Kier molecular flexibility index (Phi) is 6.42. The highest BCUT2D eigenvalue weighted by atomic mass is 16.5. The SMILES string of the molecule is CCC(CC)NC(=O)COC1CCCNC1. The van der Waals surface area contributed by atoms with Gasteiger partial charge < -0.3 is 15.4 Å². The second-order valence-electron chi connectivity index (χ2n) is 4.36. The summed E-state index contributed by atoms with van der Waals surface area (Å²) < 4.78 is 5.56. The average Bonchev–Trinajstić information content (AvgIpc) is 2.34. The molecule has 1 aliphatic heterocycles. The Morgan fingerprint density at radius 3 is 2.81 bits per heavy atom. The Labute approximate surface area is 98.1 Å². The maximum absolute atomic E-state index is 11.6. The summed E-state index contributed by atoms with van der Waals surface area (Å²) in [5.41, 5.74) is 0. The summed E-state index contributed by atoms with van der Waals surface area (Å²) >= 11 is 0. The van der Waals surface area contributed by atoms with Gasteiger partial charge in [0.2, 0.25) is 5.91 Å². The molecule has 4 nitrogen and oxygen atoms in total. The molecule has 1 saturated heterocycles. The normalized spacial score (nSPS) is 21.1. The molecule has 1 amide bonds. The van der Waals surface area contributed by atoms with E-state index in [9.17, 15) is 4.79 Å². The molecule has 2 N–H and O–H groups in total. The van der Waals surface area contributed by atoms with Gasteiger partial charge in [0, 0.05) is 12.6 Å². The van der Waals surface area contributed by atoms with E-state index in [1.807, 2.05) is 0 Å². The zero-order chi connectivity index (χ0) is 11.8. The maximum Gasteiger partial charge on any atom is 0.246 e. The van der Waals surface area contributed by atoms with Gasteiger partial charge >= 0.3 is 0 Å². The van der Waals surface area contributed by atoms with E-state index < -0.39 is 0 Å². The number of carbonyl (C=O) groups is 1. The molecule has 0 radical (unpaired) electrons. The molecule has 1 fully saturated rings. The monoisotopic (exact) mass is 228 g/mol. The molecule has 0 saturated carbocycles. The molecule has 0 aliphatic carbocycles. The first-order chi connectivity index (χ1) is 7.76. The van der Waals surface area contributed by atoms with Crippen LogP contribution >= 0.6 is 0 Å². The molecular formula is C12H24N2O2. The fraction of sp³-hybridized carbons (Fsp3) is 0.917. The van der Waals surface area contributed by atoms with E-state index in [2.05, 4.69) is 24.5 Å². The third-order valence-corrected chi connectivity index (χ3v) is 3.05. The molecule has 1 rings (SSSR count). The van der Waals surface area contributed by atoms with Crippen LogP contribution in [0, 0.1) is 0 Å². The van der Waals surface area contributed by atoms with E-state index in [4.69, 9.17) is 4.74 Å². The first-order valence-electron chi connectivity index (χ1n) is 6.38. The number of carbonyl (C=O) groups excluding carboxylic acids is 1. The van der Waals surface area contributed by atoms with Crippen LogP contribution in [0.1, 0.15) is 39.5 Å². The molecule has 0 aromatic heterocycles. The van der Waals surface area contributed by atoms with E-state index in [0.717, 1.165) is 38.8 Å². The zero-order valence-corrected chi connectivity index (χ0v) is 10.4. The van der Waals surface area contributed by atoms with Crippen LogP contribution in [0.25, 0.3) is 0 Å². The third-order valence-electron chi connectivity index (χ3n) is 3.05. The smallest absolute Gasteiger partial charge is 0.246 e. The van der Waals surface area contributed by atoms with Gasteiger partial charge in [-0.2, -0.15) is 0 Å². The zero-order valence-electron chi connectivity index (χ0n) is 10.4. The Bertz CT molecular complexity index is 199. The number of hydrogen-bond donors (Lipinski definition) is 2. The number of nitrogens with one attached hydrogen (secondary N) is 2. The molecule has 4 heteroatoms. The van der Waals surface area contributed by atoms with Crippen molar-refractivity contribution >= 4 is 5.91 Å². The summed E-state index contributed by atoms with van der Waals surface area (Å²) in [7, 11) is 0. The summed E-state index contributed by atoms with van der Waals surface area (Å²) in [4.78, 5) is 11.6. The highest BCUT2D eigenvalue weighted by Crippen LogP contribution is 2.05. The number of amides is 1. The number of piperidine rings is 1. The van der Waals surface area contributed by atoms with Crippen molar-refractivity contribution in [1.29, 1.82) is 0 Å². The van der Waals surface area contributed by atoms with Gasteiger partial charge in [-0.1, -0.05) is 13.8 Å². The first kappa shape index (κ1) is 13.5. The van der Waals surface area contributed by atoms with E-state index in [1.165, 1.54) is 0 Å². The van der Waals surface area contributed by atoms with Crippen molar-refractivity contribution in [3.05, 3.63) is 0 Å². The van der Waals surface area contributed by atoms with Crippen molar-refractivity contribution in [2.45, 2.75) is 51.7 Å². The van der Waals surface area contributed by atoms with Crippen LogP contribution in [0.3, 0.4) is 0 Å². The largest absolute Gasteiger partial charge is 0.367 e. The summed E-state index contributed by atoms with van der Waals surface area (Å²) in [6, 6.07) is 0.292. The summed E-state index contributed by atoms with van der Waals surface area (Å²) in [6.07, 6.45) is 4.37. The molecule has 1 heterocycles. The molecular weight excluding hydrogens is 204 g/mol. The lowest BCUT2D eigenvalue weighted by atomic mass is 10.1. The van der Waals surface area contributed by atoms with E-state index >= 15 is 0 Å². The van der Waals surface area contributed by atoms with Crippen molar-refractivity contribution in [2.75, 3.05) is 19.7 Å². The predicted molar refractivity (Wildman–Crippen MR) is 64.4 cm³/mol. The summed E-state index contributed by atoms with van der Waals surface area (Å²) in [6.45, 7) is 6.31. The molecule has 1 unspecified atom stereocenters. The van der Waals surface area contributed by atoms with Crippen LogP contribution in [0.2, 0.25) is 0 Å². The van der Waals surface area contributed by atoms with Crippen LogP contribution in [-0.4, -0.2) is 37.7 Å². The molecule has 0 bridgehead atoms. The van der Waals surface area contributed by atoms with Crippen LogP contribution in [-0.2, 0) is 9.53 Å². The summed E-state index contributed by atoms with van der Waals surface area (Å²) in [5.74, 6) is 0.0132. The molecule has 1 atom stereocenters. The number of rotatable bonds is 6. The lowest BCUT2D eigenvalue weighted by Crippen LogP contribution is -2.40. The second-order valence-corrected chi connectivity index (χ2v) is 4.36. The topological polar surface area (TPSA) is 50.4 Å². The van der Waals surface area contributed by atoms with Gasteiger partial charge in [-0.3, -0.25) is 4.79 Å². The van der Waals surface area contributed by atoms with Crippen LogP contribution in [0.4, 0.5) is 0 Å². The van der Waals surface area contributed by atoms with Crippen molar-refractivity contribution in [2.24, 2.45) is 0 Å². The van der Waals surface area contributed by atoms with Gasteiger partial charge in [0.1, 0.15) is 6.61 Å². The van der Waals surface area contributed by atoms with E-state index in [1.54, 1.807) is 0 Å². The molecule has 0 aromatic rings. The van der Waals surface area contributed by atoms with Crippen molar-refractivity contribution < 1.29 is 9.53 Å². The Morgan fingerprint density at radius 2 is 2.25 bits per heavy atom.